The monoisotopic (exact) mass is 364 g/mol. The van der Waals surface area contributed by atoms with E-state index in [2.05, 4.69) is 13.8 Å². The SMILES string of the molecule is CCCCCCCCCC(C(O)CCCCCCCC)S(=O)(=O)O. The molecular formula is C19H40O4S. The summed E-state index contributed by atoms with van der Waals surface area (Å²) in [5.74, 6) is 0. The van der Waals surface area contributed by atoms with Crippen LogP contribution in [0.3, 0.4) is 0 Å². The van der Waals surface area contributed by atoms with Gasteiger partial charge in [-0.15, -0.1) is 0 Å². The Morgan fingerprint density at radius 3 is 1.46 bits per heavy atom. The predicted octanol–water partition coefficient (Wildman–Crippen LogP) is 5.50. The minimum Gasteiger partial charge on any atom is -0.392 e. The first-order valence-corrected chi connectivity index (χ1v) is 11.6. The van der Waals surface area contributed by atoms with Gasteiger partial charge in [-0.05, 0) is 12.8 Å². The van der Waals surface area contributed by atoms with Crippen LogP contribution in [0.4, 0.5) is 0 Å². The van der Waals surface area contributed by atoms with Crippen LogP contribution >= 0.6 is 0 Å². The van der Waals surface area contributed by atoms with E-state index in [-0.39, 0.29) is 0 Å². The molecule has 0 saturated heterocycles. The Bertz CT molecular complexity index is 368. The van der Waals surface area contributed by atoms with Gasteiger partial charge in [0.2, 0.25) is 0 Å². The number of rotatable bonds is 17. The molecule has 5 heteroatoms. The highest BCUT2D eigenvalue weighted by Gasteiger charge is 2.29. The maximum absolute atomic E-state index is 11.5. The molecule has 0 bridgehead atoms. The summed E-state index contributed by atoms with van der Waals surface area (Å²) in [6, 6.07) is 0. The number of hydrogen-bond acceptors (Lipinski definition) is 3. The highest BCUT2D eigenvalue weighted by molar-refractivity contribution is 7.86. The second-order valence-corrected chi connectivity index (χ2v) is 8.72. The van der Waals surface area contributed by atoms with Crippen LogP contribution in [-0.4, -0.2) is 29.4 Å². The average Bonchev–Trinajstić information content (AvgIpc) is 2.52. The summed E-state index contributed by atoms with van der Waals surface area (Å²) in [5.41, 5.74) is 0. The van der Waals surface area contributed by atoms with E-state index in [0.29, 0.717) is 12.8 Å². The second kappa shape index (κ2) is 15.2. The van der Waals surface area contributed by atoms with Crippen LogP contribution in [0.2, 0.25) is 0 Å². The highest BCUT2D eigenvalue weighted by Crippen LogP contribution is 2.20. The Kier molecular flexibility index (Phi) is 15.1. The first-order chi connectivity index (χ1) is 11.4. The third-order valence-electron chi connectivity index (χ3n) is 4.76. The average molecular weight is 365 g/mol. The van der Waals surface area contributed by atoms with Gasteiger partial charge in [0.15, 0.2) is 0 Å². The summed E-state index contributed by atoms with van der Waals surface area (Å²) in [7, 11) is -4.17. The van der Waals surface area contributed by atoms with Crippen LogP contribution < -0.4 is 0 Å². The Balaban J connectivity index is 3.99. The normalized spacial score (nSPS) is 14.7. The van der Waals surface area contributed by atoms with Gasteiger partial charge in [-0.3, -0.25) is 4.55 Å². The van der Waals surface area contributed by atoms with E-state index in [4.69, 9.17) is 0 Å². The Morgan fingerprint density at radius 2 is 1.04 bits per heavy atom. The number of aliphatic hydroxyl groups excluding tert-OH is 1. The lowest BCUT2D eigenvalue weighted by molar-refractivity contribution is 0.146. The van der Waals surface area contributed by atoms with Crippen LogP contribution in [0.25, 0.3) is 0 Å². The minimum absolute atomic E-state index is 0.365. The molecule has 0 aliphatic carbocycles. The van der Waals surface area contributed by atoms with E-state index < -0.39 is 21.5 Å². The van der Waals surface area contributed by atoms with Gasteiger partial charge in [0.25, 0.3) is 10.1 Å². The van der Waals surface area contributed by atoms with Gasteiger partial charge in [0.1, 0.15) is 5.25 Å². The molecule has 0 aliphatic heterocycles. The highest BCUT2D eigenvalue weighted by atomic mass is 32.2. The molecule has 2 N–H and O–H groups in total. The van der Waals surface area contributed by atoms with Gasteiger partial charge in [-0.1, -0.05) is 97.3 Å². The molecule has 0 aliphatic rings. The van der Waals surface area contributed by atoms with Crippen molar-refractivity contribution in [2.24, 2.45) is 0 Å². The van der Waals surface area contributed by atoms with Crippen molar-refractivity contribution in [3.63, 3.8) is 0 Å². The summed E-state index contributed by atoms with van der Waals surface area (Å²) in [5, 5.41) is 9.17. The summed E-state index contributed by atoms with van der Waals surface area (Å²) in [6.07, 6.45) is 14.2. The topological polar surface area (TPSA) is 74.6 Å². The molecule has 0 aromatic heterocycles. The number of aliphatic hydroxyl groups is 1. The van der Waals surface area contributed by atoms with E-state index in [1.165, 1.54) is 44.9 Å². The van der Waals surface area contributed by atoms with E-state index in [1.54, 1.807) is 0 Å². The van der Waals surface area contributed by atoms with Crippen molar-refractivity contribution < 1.29 is 18.1 Å². The molecule has 146 valence electrons. The maximum atomic E-state index is 11.5. The smallest absolute Gasteiger partial charge is 0.270 e. The van der Waals surface area contributed by atoms with Crippen LogP contribution in [0, 0.1) is 0 Å². The first kappa shape index (κ1) is 23.9. The summed E-state index contributed by atoms with van der Waals surface area (Å²) in [6.45, 7) is 4.35. The zero-order chi connectivity index (χ0) is 18.3. The zero-order valence-corrected chi connectivity index (χ0v) is 16.7. The van der Waals surface area contributed by atoms with Gasteiger partial charge < -0.3 is 5.11 Å². The lowest BCUT2D eigenvalue weighted by atomic mass is 10.0. The summed E-state index contributed by atoms with van der Waals surface area (Å²) >= 11 is 0. The van der Waals surface area contributed by atoms with Crippen molar-refractivity contribution in [3.05, 3.63) is 0 Å². The van der Waals surface area contributed by atoms with Gasteiger partial charge in [-0.2, -0.15) is 8.42 Å². The quantitative estimate of drug-likeness (QED) is 0.264. The largest absolute Gasteiger partial charge is 0.392 e. The molecule has 0 heterocycles. The maximum Gasteiger partial charge on any atom is 0.270 e. The van der Waals surface area contributed by atoms with E-state index in [1.807, 2.05) is 0 Å². The van der Waals surface area contributed by atoms with Crippen molar-refractivity contribution in [1.82, 2.24) is 0 Å². The standard InChI is InChI=1S/C19H40O4S/c1-3-5-7-9-11-13-15-17-19(24(21,22)23)18(20)16-14-12-10-8-6-4-2/h18-20H,3-17H2,1-2H3,(H,21,22,23). The van der Waals surface area contributed by atoms with Crippen LogP contribution in [-0.2, 0) is 10.1 Å². The van der Waals surface area contributed by atoms with Crippen LogP contribution in [0.15, 0.2) is 0 Å². The molecule has 2 atom stereocenters. The number of hydrogen-bond donors (Lipinski definition) is 2. The zero-order valence-electron chi connectivity index (χ0n) is 15.9. The molecular weight excluding hydrogens is 324 g/mol. The fourth-order valence-corrected chi connectivity index (χ4v) is 4.16. The molecule has 0 amide bonds. The van der Waals surface area contributed by atoms with Gasteiger partial charge in [0.05, 0.1) is 6.10 Å². The van der Waals surface area contributed by atoms with Crippen molar-refractivity contribution >= 4 is 10.1 Å². The van der Waals surface area contributed by atoms with Gasteiger partial charge >= 0.3 is 0 Å². The van der Waals surface area contributed by atoms with E-state index in [0.717, 1.165) is 38.5 Å². The van der Waals surface area contributed by atoms with E-state index >= 15 is 0 Å². The first-order valence-electron chi connectivity index (χ1n) is 10.1. The third kappa shape index (κ3) is 13.2. The Hall–Kier alpha value is -0.130. The fraction of sp³-hybridized carbons (Fsp3) is 1.00. The third-order valence-corrected chi connectivity index (χ3v) is 6.07. The minimum atomic E-state index is -4.17. The van der Waals surface area contributed by atoms with Crippen molar-refractivity contribution in [3.8, 4) is 0 Å². The van der Waals surface area contributed by atoms with E-state index in [9.17, 15) is 18.1 Å². The molecule has 0 rings (SSSR count). The molecule has 0 spiro atoms. The summed E-state index contributed by atoms with van der Waals surface area (Å²) in [4.78, 5) is 0. The van der Waals surface area contributed by atoms with Crippen LogP contribution in [0.5, 0.6) is 0 Å². The van der Waals surface area contributed by atoms with Gasteiger partial charge in [0, 0.05) is 0 Å². The Labute approximate surface area is 150 Å². The molecule has 4 nitrogen and oxygen atoms in total. The lowest BCUT2D eigenvalue weighted by Crippen LogP contribution is -2.33. The molecule has 0 aromatic carbocycles. The van der Waals surface area contributed by atoms with Crippen molar-refractivity contribution in [1.29, 1.82) is 0 Å². The predicted molar refractivity (Wildman–Crippen MR) is 102 cm³/mol. The number of unbranched alkanes of at least 4 members (excludes halogenated alkanes) is 11. The van der Waals surface area contributed by atoms with Crippen molar-refractivity contribution in [2.45, 2.75) is 122 Å². The molecule has 0 radical (unpaired) electrons. The molecule has 2 unspecified atom stereocenters. The summed E-state index contributed by atoms with van der Waals surface area (Å²) < 4.78 is 32.5. The molecule has 24 heavy (non-hydrogen) atoms. The molecule has 0 aromatic rings. The molecule has 0 saturated carbocycles. The molecule has 0 fully saturated rings. The second-order valence-electron chi connectivity index (χ2n) is 7.09. The Morgan fingerprint density at radius 1 is 0.667 bits per heavy atom. The van der Waals surface area contributed by atoms with Gasteiger partial charge in [-0.25, -0.2) is 0 Å². The fourth-order valence-electron chi connectivity index (χ4n) is 3.16. The lowest BCUT2D eigenvalue weighted by Gasteiger charge is -2.20. The van der Waals surface area contributed by atoms with Crippen LogP contribution in [0.1, 0.15) is 110 Å². The van der Waals surface area contributed by atoms with Crippen molar-refractivity contribution in [2.75, 3.05) is 0 Å².